The molecule has 0 unspecified atom stereocenters. The molecule has 5 heteroatoms. The Hall–Kier alpha value is -2.22. The topological polar surface area (TPSA) is 54.5 Å². The molecule has 4 nitrogen and oxygen atoms in total. The minimum Gasteiger partial charge on any atom is -0.219 e. The standard InChI is InChI=1S/C9H5FN4/c10-7-1-3-9(4-2-7)14-6-8(5-11)12-13-14/h1-4,6H. The molecular formula is C9H5FN4. The van der Waals surface area contributed by atoms with Gasteiger partial charge in [0.25, 0.3) is 0 Å². The zero-order chi connectivity index (χ0) is 9.97. The highest BCUT2D eigenvalue weighted by molar-refractivity contribution is 5.31. The van der Waals surface area contributed by atoms with Gasteiger partial charge in [0.15, 0.2) is 5.69 Å². The Morgan fingerprint density at radius 2 is 2.00 bits per heavy atom. The Balaban J connectivity index is 2.40. The molecule has 0 aliphatic carbocycles. The summed E-state index contributed by atoms with van der Waals surface area (Å²) in [5.74, 6) is -0.311. The largest absolute Gasteiger partial charge is 0.219 e. The maximum Gasteiger partial charge on any atom is 0.183 e. The van der Waals surface area contributed by atoms with Crippen molar-refractivity contribution in [3.63, 3.8) is 0 Å². The van der Waals surface area contributed by atoms with E-state index in [2.05, 4.69) is 10.3 Å². The Morgan fingerprint density at radius 1 is 1.29 bits per heavy atom. The highest BCUT2D eigenvalue weighted by Gasteiger charge is 2.01. The van der Waals surface area contributed by atoms with E-state index in [1.54, 1.807) is 12.1 Å². The van der Waals surface area contributed by atoms with E-state index in [1.807, 2.05) is 6.07 Å². The van der Waals surface area contributed by atoms with Crippen molar-refractivity contribution in [1.82, 2.24) is 15.0 Å². The van der Waals surface area contributed by atoms with E-state index >= 15 is 0 Å². The lowest BCUT2D eigenvalue weighted by Gasteiger charge is -1.97. The van der Waals surface area contributed by atoms with Crippen molar-refractivity contribution in [2.75, 3.05) is 0 Å². The summed E-state index contributed by atoms with van der Waals surface area (Å²) in [6.45, 7) is 0. The first kappa shape index (κ1) is 8.38. The zero-order valence-corrected chi connectivity index (χ0v) is 7.05. The molecule has 0 amide bonds. The van der Waals surface area contributed by atoms with Crippen LogP contribution in [0.25, 0.3) is 5.69 Å². The van der Waals surface area contributed by atoms with Gasteiger partial charge in [0.1, 0.15) is 11.9 Å². The van der Waals surface area contributed by atoms with E-state index in [0.29, 0.717) is 5.69 Å². The van der Waals surface area contributed by atoms with Crippen LogP contribution in [0.2, 0.25) is 0 Å². The molecule has 0 spiro atoms. The van der Waals surface area contributed by atoms with Crippen LogP contribution in [-0.4, -0.2) is 15.0 Å². The van der Waals surface area contributed by atoms with Crippen molar-refractivity contribution in [3.05, 3.63) is 42.0 Å². The molecule has 0 saturated carbocycles. The van der Waals surface area contributed by atoms with Gasteiger partial charge in [0.05, 0.1) is 11.9 Å². The molecule has 0 atom stereocenters. The second kappa shape index (κ2) is 3.26. The number of nitrogens with zero attached hydrogens (tertiary/aromatic N) is 4. The predicted molar refractivity (Wildman–Crippen MR) is 46.0 cm³/mol. The quantitative estimate of drug-likeness (QED) is 0.677. The van der Waals surface area contributed by atoms with Crippen LogP contribution in [0.4, 0.5) is 4.39 Å². The van der Waals surface area contributed by atoms with Gasteiger partial charge in [-0.15, -0.1) is 5.10 Å². The highest BCUT2D eigenvalue weighted by Crippen LogP contribution is 2.07. The second-order valence-electron chi connectivity index (χ2n) is 2.64. The van der Waals surface area contributed by atoms with Crippen LogP contribution in [-0.2, 0) is 0 Å². The number of halogens is 1. The van der Waals surface area contributed by atoms with E-state index in [1.165, 1.54) is 23.0 Å². The molecule has 14 heavy (non-hydrogen) atoms. The van der Waals surface area contributed by atoms with Gasteiger partial charge in [-0.2, -0.15) is 5.26 Å². The van der Waals surface area contributed by atoms with Gasteiger partial charge in [-0.3, -0.25) is 0 Å². The molecule has 2 aromatic rings. The Kier molecular flexibility index (Phi) is 1.95. The third-order valence-electron chi connectivity index (χ3n) is 1.70. The van der Waals surface area contributed by atoms with Crippen molar-refractivity contribution in [2.45, 2.75) is 0 Å². The van der Waals surface area contributed by atoms with Crippen molar-refractivity contribution in [3.8, 4) is 11.8 Å². The molecule has 0 saturated heterocycles. The lowest BCUT2D eigenvalue weighted by atomic mass is 10.3. The van der Waals surface area contributed by atoms with Crippen LogP contribution in [0.3, 0.4) is 0 Å². The fraction of sp³-hybridized carbons (Fsp3) is 0. The third-order valence-corrected chi connectivity index (χ3v) is 1.70. The minimum absolute atomic E-state index is 0.231. The fourth-order valence-electron chi connectivity index (χ4n) is 1.04. The molecule has 1 aromatic heterocycles. The summed E-state index contributed by atoms with van der Waals surface area (Å²) in [6, 6.07) is 7.63. The van der Waals surface area contributed by atoms with Crippen molar-refractivity contribution in [1.29, 1.82) is 5.26 Å². The summed E-state index contributed by atoms with van der Waals surface area (Å²) >= 11 is 0. The first-order valence-electron chi connectivity index (χ1n) is 3.88. The van der Waals surface area contributed by atoms with Gasteiger partial charge in [-0.05, 0) is 24.3 Å². The smallest absolute Gasteiger partial charge is 0.183 e. The number of rotatable bonds is 1. The molecule has 0 aliphatic heterocycles. The monoisotopic (exact) mass is 188 g/mol. The summed E-state index contributed by atoms with van der Waals surface area (Å²) in [6.07, 6.45) is 1.48. The summed E-state index contributed by atoms with van der Waals surface area (Å²) in [4.78, 5) is 0. The van der Waals surface area contributed by atoms with Crippen LogP contribution in [0.5, 0.6) is 0 Å². The molecule has 0 radical (unpaired) electrons. The Labute approximate surface area is 79.2 Å². The molecule has 68 valence electrons. The Morgan fingerprint density at radius 3 is 2.57 bits per heavy atom. The van der Waals surface area contributed by atoms with Crippen molar-refractivity contribution in [2.24, 2.45) is 0 Å². The average molecular weight is 188 g/mol. The van der Waals surface area contributed by atoms with Crippen molar-refractivity contribution >= 4 is 0 Å². The van der Waals surface area contributed by atoms with E-state index in [9.17, 15) is 4.39 Å². The van der Waals surface area contributed by atoms with E-state index < -0.39 is 0 Å². The SMILES string of the molecule is N#Cc1cn(-c2ccc(F)cc2)nn1. The Bertz CT molecular complexity index is 480. The predicted octanol–water partition coefficient (Wildman–Crippen LogP) is 1.28. The van der Waals surface area contributed by atoms with Crippen LogP contribution in [0.1, 0.15) is 5.69 Å². The number of aromatic nitrogens is 3. The summed E-state index contributed by atoms with van der Waals surface area (Å²) < 4.78 is 14.0. The van der Waals surface area contributed by atoms with Gasteiger partial charge in [-0.1, -0.05) is 5.21 Å². The molecular weight excluding hydrogens is 183 g/mol. The molecule has 0 fully saturated rings. The molecule has 1 heterocycles. The maximum absolute atomic E-state index is 12.6. The van der Waals surface area contributed by atoms with E-state index in [4.69, 9.17) is 5.26 Å². The number of benzene rings is 1. The van der Waals surface area contributed by atoms with Crippen LogP contribution in [0, 0.1) is 17.1 Å². The summed E-state index contributed by atoms with van der Waals surface area (Å²) in [7, 11) is 0. The second-order valence-corrected chi connectivity index (χ2v) is 2.64. The van der Waals surface area contributed by atoms with E-state index in [0.717, 1.165) is 0 Å². The summed E-state index contributed by atoms with van der Waals surface area (Å²) in [5.41, 5.74) is 0.898. The maximum atomic E-state index is 12.6. The number of hydrogen-bond donors (Lipinski definition) is 0. The zero-order valence-electron chi connectivity index (χ0n) is 7.05. The van der Waals surface area contributed by atoms with Crippen LogP contribution in [0.15, 0.2) is 30.5 Å². The molecule has 0 aliphatic rings. The minimum atomic E-state index is -0.311. The fourth-order valence-corrected chi connectivity index (χ4v) is 1.04. The van der Waals surface area contributed by atoms with Gasteiger partial charge >= 0.3 is 0 Å². The van der Waals surface area contributed by atoms with Crippen LogP contribution < -0.4 is 0 Å². The van der Waals surface area contributed by atoms with Gasteiger partial charge < -0.3 is 0 Å². The number of nitriles is 1. The van der Waals surface area contributed by atoms with Gasteiger partial charge in [0, 0.05) is 0 Å². The average Bonchev–Trinajstić information content (AvgIpc) is 2.67. The first-order chi connectivity index (χ1) is 6.79. The van der Waals surface area contributed by atoms with Crippen molar-refractivity contribution < 1.29 is 4.39 Å². The van der Waals surface area contributed by atoms with Gasteiger partial charge in [0.2, 0.25) is 0 Å². The van der Waals surface area contributed by atoms with Crippen LogP contribution >= 0.6 is 0 Å². The molecule has 0 N–H and O–H groups in total. The number of hydrogen-bond acceptors (Lipinski definition) is 3. The lowest BCUT2D eigenvalue weighted by Crippen LogP contribution is -1.94. The van der Waals surface area contributed by atoms with E-state index in [-0.39, 0.29) is 11.5 Å². The lowest BCUT2D eigenvalue weighted by molar-refractivity contribution is 0.626. The third kappa shape index (κ3) is 1.45. The highest BCUT2D eigenvalue weighted by atomic mass is 19.1. The molecule has 2 rings (SSSR count). The molecule has 0 bridgehead atoms. The first-order valence-corrected chi connectivity index (χ1v) is 3.88. The molecule has 1 aromatic carbocycles. The van der Waals surface area contributed by atoms with Gasteiger partial charge in [-0.25, -0.2) is 9.07 Å². The normalized spacial score (nSPS) is 9.71. The summed E-state index contributed by atoms with van der Waals surface area (Å²) in [5, 5.41) is 15.8.